The Balaban J connectivity index is 1.54. The van der Waals surface area contributed by atoms with Gasteiger partial charge < -0.3 is 10.6 Å². The van der Waals surface area contributed by atoms with E-state index in [0.29, 0.717) is 18.7 Å². The highest BCUT2D eigenvalue weighted by Crippen LogP contribution is 2.28. The molecule has 2 amide bonds. The molecule has 2 N–H and O–H groups in total. The van der Waals surface area contributed by atoms with Gasteiger partial charge in [0, 0.05) is 29.1 Å². The number of nitrogens with zero attached hydrogens (tertiary/aromatic N) is 1. The highest BCUT2D eigenvalue weighted by molar-refractivity contribution is 7.15. The summed E-state index contributed by atoms with van der Waals surface area (Å²) in [5, 5.41) is 6.29. The van der Waals surface area contributed by atoms with Crippen LogP contribution in [-0.2, 0) is 16.0 Å². The van der Waals surface area contributed by atoms with Crippen molar-refractivity contribution in [2.24, 2.45) is 0 Å². The summed E-state index contributed by atoms with van der Waals surface area (Å²) in [7, 11) is 0. The Labute approximate surface area is 168 Å². The van der Waals surface area contributed by atoms with Crippen LogP contribution in [0.25, 0.3) is 10.6 Å². The lowest BCUT2D eigenvalue weighted by Crippen LogP contribution is -2.36. The first kappa shape index (κ1) is 19.8. The molecule has 0 spiro atoms. The molecule has 1 aromatic heterocycles. The summed E-state index contributed by atoms with van der Waals surface area (Å²) in [6.45, 7) is 6.29. The molecule has 1 heterocycles. The fourth-order valence-corrected chi connectivity index (χ4v) is 3.81. The third kappa shape index (κ3) is 4.84. The van der Waals surface area contributed by atoms with E-state index in [2.05, 4.69) is 46.8 Å². The number of carbonyl (C=O) groups is 2. The second kappa shape index (κ2) is 8.80. The summed E-state index contributed by atoms with van der Waals surface area (Å²) in [5.74, 6) is -1.29. The van der Waals surface area contributed by atoms with E-state index in [1.807, 2.05) is 32.0 Å². The van der Waals surface area contributed by atoms with E-state index < -0.39 is 11.8 Å². The van der Waals surface area contributed by atoms with Crippen LogP contribution in [0.15, 0.2) is 48.5 Å². The lowest BCUT2D eigenvalue weighted by atomic mass is 10.2. The number of anilines is 1. The zero-order valence-corrected chi connectivity index (χ0v) is 17.0. The zero-order valence-electron chi connectivity index (χ0n) is 16.2. The summed E-state index contributed by atoms with van der Waals surface area (Å²) in [6, 6.07) is 15.6. The molecule has 6 heteroatoms. The number of hydrogen-bond acceptors (Lipinski definition) is 4. The van der Waals surface area contributed by atoms with Gasteiger partial charge >= 0.3 is 11.8 Å². The quantitative estimate of drug-likeness (QED) is 0.643. The number of thiazole rings is 1. The predicted molar refractivity (Wildman–Crippen MR) is 114 cm³/mol. The van der Waals surface area contributed by atoms with Crippen LogP contribution in [-0.4, -0.2) is 23.3 Å². The van der Waals surface area contributed by atoms with Gasteiger partial charge in [0.2, 0.25) is 0 Å². The minimum atomic E-state index is -0.657. The van der Waals surface area contributed by atoms with E-state index in [1.54, 1.807) is 17.4 Å². The first-order chi connectivity index (χ1) is 13.4. The number of hydrogen-bond donors (Lipinski definition) is 2. The molecule has 0 atom stereocenters. The van der Waals surface area contributed by atoms with Gasteiger partial charge in [-0.05, 0) is 32.4 Å². The summed E-state index contributed by atoms with van der Waals surface area (Å²) in [5.41, 5.74) is 4.81. The Hall–Kier alpha value is -2.99. The molecule has 0 aliphatic carbocycles. The van der Waals surface area contributed by atoms with Gasteiger partial charge in [0.15, 0.2) is 0 Å². The fourth-order valence-electron chi connectivity index (χ4n) is 2.74. The van der Waals surface area contributed by atoms with Crippen LogP contribution >= 0.6 is 11.3 Å². The Kier molecular flexibility index (Phi) is 6.21. The largest absolute Gasteiger partial charge is 0.347 e. The molecule has 5 nitrogen and oxygen atoms in total. The van der Waals surface area contributed by atoms with Crippen LogP contribution < -0.4 is 10.6 Å². The average Bonchev–Trinajstić information content (AvgIpc) is 3.04. The SMILES string of the molecule is Cc1ccc(-c2nc(C)c(CCNC(=O)C(=O)Nc3ccccc3C)s2)cc1. The Morgan fingerprint density at radius 3 is 2.39 bits per heavy atom. The van der Waals surface area contributed by atoms with Crippen molar-refractivity contribution in [3.8, 4) is 10.6 Å². The molecule has 144 valence electrons. The van der Waals surface area contributed by atoms with Crippen molar-refractivity contribution < 1.29 is 9.59 Å². The molecule has 0 fully saturated rings. The number of para-hydroxylation sites is 1. The summed E-state index contributed by atoms with van der Waals surface area (Å²) < 4.78 is 0. The van der Waals surface area contributed by atoms with Crippen LogP contribution in [0.4, 0.5) is 5.69 Å². The van der Waals surface area contributed by atoms with Gasteiger partial charge in [-0.15, -0.1) is 11.3 Å². The monoisotopic (exact) mass is 393 g/mol. The van der Waals surface area contributed by atoms with Crippen LogP contribution in [0, 0.1) is 20.8 Å². The van der Waals surface area contributed by atoms with Crippen molar-refractivity contribution in [2.45, 2.75) is 27.2 Å². The Morgan fingerprint density at radius 2 is 1.68 bits per heavy atom. The topological polar surface area (TPSA) is 71.1 Å². The van der Waals surface area contributed by atoms with Gasteiger partial charge in [0.1, 0.15) is 5.01 Å². The molecule has 3 aromatic rings. The van der Waals surface area contributed by atoms with E-state index in [4.69, 9.17) is 0 Å². The predicted octanol–water partition coefficient (Wildman–Crippen LogP) is 4.03. The van der Waals surface area contributed by atoms with Gasteiger partial charge in [0.05, 0.1) is 5.69 Å². The first-order valence-electron chi connectivity index (χ1n) is 9.12. The van der Waals surface area contributed by atoms with Crippen molar-refractivity contribution >= 4 is 28.8 Å². The van der Waals surface area contributed by atoms with E-state index in [-0.39, 0.29) is 0 Å². The smallest absolute Gasteiger partial charge is 0.313 e. The second-order valence-corrected chi connectivity index (χ2v) is 7.75. The number of rotatable bonds is 5. The first-order valence-corrected chi connectivity index (χ1v) is 9.94. The molecule has 0 bridgehead atoms. The maximum atomic E-state index is 12.1. The standard InChI is InChI=1S/C22H23N3O2S/c1-14-8-10-17(11-9-14)22-24-16(3)19(28-22)12-13-23-20(26)21(27)25-18-7-5-4-6-15(18)2/h4-11H,12-13H2,1-3H3,(H,23,26)(H,25,27). The third-order valence-electron chi connectivity index (χ3n) is 4.43. The Bertz CT molecular complexity index is 993. The number of carbonyl (C=O) groups excluding carboxylic acids is 2. The van der Waals surface area contributed by atoms with E-state index in [9.17, 15) is 9.59 Å². The lowest BCUT2D eigenvalue weighted by molar-refractivity contribution is -0.136. The zero-order chi connectivity index (χ0) is 20.1. The van der Waals surface area contributed by atoms with E-state index >= 15 is 0 Å². The number of benzene rings is 2. The summed E-state index contributed by atoms with van der Waals surface area (Å²) in [6.07, 6.45) is 0.638. The van der Waals surface area contributed by atoms with Gasteiger partial charge in [0.25, 0.3) is 0 Å². The van der Waals surface area contributed by atoms with Crippen LogP contribution in [0.5, 0.6) is 0 Å². The molecule has 3 rings (SSSR count). The van der Waals surface area contributed by atoms with Crippen molar-refractivity contribution in [3.05, 3.63) is 70.2 Å². The second-order valence-electron chi connectivity index (χ2n) is 6.67. The highest BCUT2D eigenvalue weighted by Gasteiger charge is 2.15. The van der Waals surface area contributed by atoms with Gasteiger partial charge in [-0.25, -0.2) is 4.98 Å². The maximum Gasteiger partial charge on any atom is 0.313 e. The van der Waals surface area contributed by atoms with E-state index in [0.717, 1.165) is 26.7 Å². The number of amides is 2. The Morgan fingerprint density at radius 1 is 0.964 bits per heavy atom. The molecule has 0 saturated carbocycles. The van der Waals surface area contributed by atoms with Gasteiger partial charge in [-0.1, -0.05) is 48.0 Å². The summed E-state index contributed by atoms with van der Waals surface area (Å²) >= 11 is 1.62. The van der Waals surface area contributed by atoms with Crippen molar-refractivity contribution in [1.82, 2.24) is 10.3 Å². The average molecular weight is 394 g/mol. The van der Waals surface area contributed by atoms with Crippen molar-refractivity contribution in [2.75, 3.05) is 11.9 Å². The van der Waals surface area contributed by atoms with Crippen molar-refractivity contribution in [1.29, 1.82) is 0 Å². The lowest BCUT2D eigenvalue weighted by Gasteiger charge is -2.08. The minimum absolute atomic E-state index is 0.385. The van der Waals surface area contributed by atoms with Crippen LogP contribution in [0.2, 0.25) is 0 Å². The van der Waals surface area contributed by atoms with Crippen LogP contribution in [0.1, 0.15) is 21.7 Å². The molecule has 0 unspecified atom stereocenters. The molecule has 2 aromatic carbocycles. The molecule has 28 heavy (non-hydrogen) atoms. The highest BCUT2D eigenvalue weighted by atomic mass is 32.1. The minimum Gasteiger partial charge on any atom is -0.347 e. The molecular weight excluding hydrogens is 370 g/mol. The number of aromatic nitrogens is 1. The molecular formula is C22H23N3O2S. The van der Waals surface area contributed by atoms with E-state index in [1.165, 1.54) is 5.56 Å². The maximum absolute atomic E-state index is 12.1. The third-order valence-corrected chi connectivity index (χ3v) is 5.69. The number of nitrogens with one attached hydrogen (secondary N) is 2. The number of aryl methyl sites for hydroxylation is 3. The van der Waals surface area contributed by atoms with Gasteiger partial charge in [-0.2, -0.15) is 0 Å². The molecule has 0 radical (unpaired) electrons. The normalized spacial score (nSPS) is 10.5. The van der Waals surface area contributed by atoms with Gasteiger partial charge in [-0.3, -0.25) is 9.59 Å². The summed E-state index contributed by atoms with van der Waals surface area (Å²) in [4.78, 5) is 29.9. The van der Waals surface area contributed by atoms with Crippen molar-refractivity contribution in [3.63, 3.8) is 0 Å². The molecule has 0 saturated heterocycles. The molecule has 0 aliphatic heterocycles. The van der Waals surface area contributed by atoms with Crippen LogP contribution in [0.3, 0.4) is 0 Å². The fraction of sp³-hybridized carbons (Fsp3) is 0.227. The molecule has 0 aliphatic rings.